The maximum absolute atomic E-state index is 12.6. The summed E-state index contributed by atoms with van der Waals surface area (Å²) < 4.78 is 0.966. The van der Waals surface area contributed by atoms with Crippen LogP contribution in [0.3, 0.4) is 0 Å². The van der Waals surface area contributed by atoms with Crippen molar-refractivity contribution in [1.82, 2.24) is 4.98 Å². The summed E-state index contributed by atoms with van der Waals surface area (Å²) in [5.74, 6) is -0.141. The minimum absolute atomic E-state index is 0.0267. The molecule has 0 aliphatic carbocycles. The lowest BCUT2D eigenvalue weighted by Gasteiger charge is -2.17. The number of carbonyl (C=O) groups excluding carboxylic acids is 2. The Labute approximate surface area is 153 Å². The maximum Gasteiger partial charge on any atom is 0.233 e. The van der Waals surface area contributed by atoms with Gasteiger partial charge >= 0.3 is 0 Å². The van der Waals surface area contributed by atoms with Crippen LogP contribution in [0, 0.1) is 5.92 Å². The van der Waals surface area contributed by atoms with Crippen LogP contribution in [0.25, 0.3) is 0 Å². The Morgan fingerprint density at radius 2 is 2.21 bits per heavy atom. The summed E-state index contributed by atoms with van der Waals surface area (Å²) >= 11 is 4.80. The third-order valence-corrected chi connectivity index (χ3v) is 5.18. The van der Waals surface area contributed by atoms with Crippen molar-refractivity contribution in [2.45, 2.75) is 26.7 Å². The molecule has 24 heavy (non-hydrogen) atoms. The molecule has 0 spiro atoms. The van der Waals surface area contributed by atoms with Crippen molar-refractivity contribution in [2.75, 3.05) is 16.8 Å². The molecule has 2 heterocycles. The van der Waals surface area contributed by atoms with E-state index in [4.69, 9.17) is 0 Å². The molecule has 2 amide bonds. The van der Waals surface area contributed by atoms with E-state index in [9.17, 15) is 9.59 Å². The number of nitrogens with one attached hydrogen (secondary N) is 1. The number of carbonyl (C=O) groups is 2. The number of amides is 2. The first kappa shape index (κ1) is 17.1. The van der Waals surface area contributed by atoms with E-state index in [0.717, 1.165) is 16.6 Å². The predicted molar refractivity (Wildman–Crippen MR) is 99.5 cm³/mol. The minimum Gasteiger partial charge on any atom is -0.311 e. The second-order valence-corrected chi connectivity index (χ2v) is 7.81. The Morgan fingerprint density at radius 1 is 1.42 bits per heavy atom. The van der Waals surface area contributed by atoms with Gasteiger partial charge in [0.15, 0.2) is 5.13 Å². The van der Waals surface area contributed by atoms with Crippen molar-refractivity contribution in [3.05, 3.63) is 39.3 Å². The lowest BCUT2D eigenvalue weighted by atomic mass is 10.2. The maximum atomic E-state index is 12.6. The number of aromatic nitrogens is 1. The fourth-order valence-electron chi connectivity index (χ4n) is 2.56. The number of hydrogen-bond acceptors (Lipinski definition) is 4. The van der Waals surface area contributed by atoms with Gasteiger partial charge in [0.25, 0.3) is 0 Å². The van der Waals surface area contributed by atoms with Crippen molar-refractivity contribution in [3.63, 3.8) is 0 Å². The number of rotatable bonds is 4. The van der Waals surface area contributed by atoms with Gasteiger partial charge in [0.2, 0.25) is 11.8 Å². The van der Waals surface area contributed by atoms with E-state index in [1.165, 1.54) is 16.9 Å². The molecular weight excluding hydrogens is 390 g/mol. The highest BCUT2D eigenvalue weighted by molar-refractivity contribution is 9.10. The number of thiazole rings is 1. The van der Waals surface area contributed by atoms with Gasteiger partial charge < -0.3 is 10.2 Å². The van der Waals surface area contributed by atoms with Gasteiger partial charge in [0, 0.05) is 28.0 Å². The summed E-state index contributed by atoms with van der Waals surface area (Å²) in [6.07, 6.45) is 1.11. The van der Waals surface area contributed by atoms with E-state index >= 15 is 0 Å². The number of nitrogens with zero attached hydrogens (tertiary/aromatic N) is 2. The minimum atomic E-state index is -0.0986. The van der Waals surface area contributed by atoms with Crippen LogP contribution in [0.15, 0.2) is 28.1 Å². The van der Waals surface area contributed by atoms with E-state index in [2.05, 4.69) is 32.3 Å². The monoisotopic (exact) mass is 407 g/mol. The molecule has 5 nitrogen and oxygen atoms in total. The molecule has 0 unspecified atom stereocenters. The molecule has 1 aromatic carbocycles. The number of benzene rings is 1. The van der Waals surface area contributed by atoms with Gasteiger partial charge in [-0.1, -0.05) is 35.8 Å². The molecule has 3 rings (SSSR count). The Hall–Kier alpha value is -1.73. The van der Waals surface area contributed by atoms with E-state index in [0.29, 0.717) is 17.4 Å². The molecule has 126 valence electrons. The zero-order chi connectivity index (χ0) is 17.3. The van der Waals surface area contributed by atoms with Crippen LogP contribution in [-0.2, 0) is 22.4 Å². The molecule has 0 radical (unpaired) electrons. The highest BCUT2D eigenvalue weighted by Crippen LogP contribution is 2.31. The largest absolute Gasteiger partial charge is 0.311 e. The molecule has 1 aromatic heterocycles. The van der Waals surface area contributed by atoms with Gasteiger partial charge in [0.1, 0.15) is 0 Å². The molecule has 0 fully saturated rings. The molecule has 1 aliphatic heterocycles. The van der Waals surface area contributed by atoms with Crippen LogP contribution < -0.4 is 10.2 Å². The summed E-state index contributed by atoms with van der Waals surface area (Å²) in [7, 11) is 0. The summed E-state index contributed by atoms with van der Waals surface area (Å²) in [6, 6.07) is 6.03. The van der Waals surface area contributed by atoms with Crippen molar-refractivity contribution in [2.24, 2.45) is 5.92 Å². The zero-order valence-electron chi connectivity index (χ0n) is 13.5. The SMILES string of the molecule is CC(C)C(=O)Nc1nc(CC(=O)N2CCc3ccc(Br)cc32)cs1. The van der Waals surface area contributed by atoms with Gasteiger partial charge in [0.05, 0.1) is 12.1 Å². The first-order chi connectivity index (χ1) is 11.4. The number of halogens is 1. The van der Waals surface area contributed by atoms with Crippen molar-refractivity contribution < 1.29 is 9.59 Å². The van der Waals surface area contributed by atoms with E-state index in [-0.39, 0.29) is 24.2 Å². The molecule has 0 atom stereocenters. The van der Waals surface area contributed by atoms with Crippen LogP contribution in [0.2, 0.25) is 0 Å². The third-order valence-electron chi connectivity index (χ3n) is 3.88. The summed E-state index contributed by atoms with van der Waals surface area (Å²) in [5.41, 5.74) is 2.85. The average molecular weight is 408 g/mol. The van der Waals surface area contributed by atoms with Gasteiger partial charge in [-0.25, -0.2) is 4.98 Å². The molecule has 0 saturated heterocycles. The number of hydrogen-bond donors (Lipinski definition) is 1. The lowest BCUT2D eigenvalue weighted by molar-refractivity contribution is -0.119. The van der Waals surface area contributed by atoms with Gasteiger partial charge in [-0.05, 0) is 24.1 Å². The highest BCUT2D eigenvalue weighted by atomic mass is 79.9. The molecule has 7 heteroatoms. The van der Waals surface area contributed by atoms with E-state index in [1.807, 2.05) is 36.3 Å². The molecule has 0 bridgehead atoms. The fourth-order valence-corrected chi connectivity index (χ4v) is 3.62. The topological polar surface area (TPSA) is 62.3 Å². The van der Waals surface area contributed by atoms with Crippen molar-refractivity contribution in [1.29, 1.82) is 0 Å². The molecule has 0 saturated carbocycles. The summed E-state index contributed by atoms with van der Waals surface area (Å²) in [5, 5.41) is 5.13. The average Bonchev–Trinajstić information content (AvgIpc) is 3.13. The number of anilines is 2. The standard InChI is InChI=1S/C17H18BrN3O2S/c1-10(2)16(23)20-17-19-13(9-24-17)8-15(22)21-6-5-11-3-4-12(18)7-14(11)21/h3-4,7,9-10H,5-6,8H2,1-2H3,(H,19,20,23). The van der Waals surface area contributed by atoms with Gasteiger partial charge in [-0.3, -0.25) is 9.59 Å². The molecule has 2 aromatic rings. The van der Waals surface area contributed by atoms with Gasteiger partial charge in [-0.15, -0.1) is 11.3 Å². The van der Waals surface area contributed by atoms with E-state index < -0.39 is 0 Å². The van der Waals surface area contributed by atoms with Crippen LogP contribution in [0.1, 0.15) is 25.1 Å². The van der Waals surface area contributed by atoms with Crippen LogP contribution >= 0.6 is 27.3 Å². The first-order valence-electron chi connectivity index (χ1n) is 7.78. The van der Waals surface area contributed by atoms with Crippen molar-refractivity contribution >= 4 is 49.9 Å². The summed E-state index contributed by atoms with van der Waals surface area (Å²) in [4.78, 5) is 30.5. The van der Waals surface area contributed by atoms with Crippen LogP contribution in [-0.4, -0.2) is 23.3 Å². The normalized spacial score (nSPS) is 13.2. The van der Waals surface area contributed by atoms with Crippen LogP contribution in [0.5, 0.6) is 0 Å². The smallest absolute Gasteiger partial charge is 0.233 e. The molecular formula is C17H18BrN3O2S. The Balaban J connectivity index is 1.68. The Bertz CT molecular complexity index is 788. The predicted octanol–water partition coefficient (Wildman–Crippen LogP) is 3.63. The van der Waals surface area contributed by atoms with Crippen LogP contribution in [0.4, 0.5) is 10.8 Å². The first-order valence-corrected chi connectivity index (χ1v) is 9.45. The lowest BCUT2D eigenvalue weighted by Crippen LogP contribution is -2.30. The molecule has 1 aliphatic rings. The Kier molecular flexibility index (Phi) is 5.01. The third kappa shape index (κ3) is 3.67. The van der Waals surface area contributed by atoms with Gasteiger partial charge in [-0.2, -0.15) is 0 Å². The fraction of sp³-hybridized carbons (Fsp3) is 0.353. The van der Waals surface area contributed by atoms with E-state index in [1.54, 1.807) is 0 Å². The highest BCUT2D eigenvalue weighted by Gasteiger charge is 2.25. The second-order valence-electron chi connectivity index (χ2n) is 6.03. The quantitative estimate of drug-likeness (QED) is 0.841. The van der Waals surface area contributed by atoms with Crippen molar-refractivity contribution in [3.8, 4) is 0 Å². The Morgan fingerprint density at radius 3 is 2.96 bits per heavy atom. The summed E-state index contributed by atoms with van der Waals surface area (Å²) in [6.45, 7) is 4.36. The number of fused-ring (bicyclic) bond motifs is 1. The zero-order valence-corrected chi connectivity index (χ0v) is 15.9. The second kappa shape index (κ2) is 7.03. The molecule has 1 N–H and O–H groups in total.